The monoisotopic (exact) mass is 430 g/mol. The van der Waals surface area contributed by atoms with Gasteiger partial charge in [-0.2, -0.15) is 15.0 Å². The van der Waals surface area contributed by atoms with Gasteiger partial charge in [-0.15, -0.1) is 0 Å². The van der Waals surface area contributed by atoms with E-state index in [2.05, 4.69) is 37.4 Å². The molecule has 8 nitrogen and oxygen atoms in total. The number of ketones is 1. The van der Waals surface area contributed by atoms with Gasteiger partial charge in [0, 0.05) is 37.2 Å². The van der Waals surface area contributed by atoms with Gasteiger partial charge < -0.3 is 20.2 Å². The summed E-state index contributed by atoms with van der Waals surface area (Å²) in [5.74, 6) is 1.24. The Labute approximate surface area is 182 Å². The normalized spacial score (nSPS) is 16.3. The number of likely N-dealkylation sites (tertiary alicyclic amines) is 1. The molecule has 1 unspecified atom stereocenters. The summed E-state index contributed by atoms with van der Waals surface area (Å²) in [4.78, 5) is 27.2. The van der Waals surface area contributed by atoms with Gasteiger partial charge in [-0.1, -0.05) is 6.92 Å². The van der Waals surface area contributed by atoms with Gasteiger partial charge in [0.2, 0.25) is 11.9 Å². The van der Waals surface area contributed by atoms with Crippen LogP contribution in [-0.4, -0.2) is 58.4 Å². The van der Waals surface area contributed by atoms with Gasteiger partial charge in [0.15, 0.2) is 11.6 Å². The highest BCUT2D eigenvalue weighted by Crippen LogP contribution is 2.23. The third kappa shape index (κ3) is 6.58. The van der Waals surface area contributed by atoms with Crippen LogP contribution in [0.3, 0.4) is 0 Å². The van der Waals surface area contributed by atoms with E-state index in [1.165, 1.54) is 19.6 Å². The fourth-order valence-corrected chi connectivity index (χ4v) is 3.79. The van der Waals surface area contributed by atoms with Crippen LogP contribution in [0.15, 0.2) is 18.2 Å². The predicted molar refractivity (Wildman–Crippen MR) is 118 cm³/mol. The van der Waals surface area contributed by atoms with Crippen LogP contribution < -0.4 is 15.4 Å². The number of likely N-dealkylation sites (N-methyl/N-ethyl adjacent to an activating group) is 1. The highest BCUT2D eigenvalue weighted by Gasteiger charge is 2.23. The zero-order valence-corrected chi connectivity index (χ0v) is 18.4. The van der Waals surface area contributed by atoms with Crippen LogP contribution in [0.4, 0.5) is 22.0 Å². The van der Waals surface area contributed by atoms with E-state index in [0.717, 1.165) is 26.1 Å². The number of hydrogen-bond acceptors (Lipinski definition) is 8. The van der Waals surface area contributed by atoms with Crippen molar-refractivity contribution in [2.75, 3.05) is 37.4 Å². The summed E-state index contributed by atoms with van der Waals surface area (Å²) in [5, 5.41) is 6.39. The number of nitrogens with zero attached hydrogens (tertiary/aromatic N) is 4. The zero-order valence-electron chi connectivity index (χ0n) is 18.4. The number of anilines is 3. The fourth-order valence-electron chi connectivity index (χ4n) is 3.79. The third-order valence-corrected chi connectivity index (χ3v) is 5.42. The molecule has 1 aromatic carbocycles. The van der Waals surface area contributed by atoms with Crippen molar-refractivity contribution in [3.8, 4) is 5.75 Å². The minimum atomic E-state index is -0.470. The lowest BCUT2D eigenvalue weighted by molar-refractivity contribution is -0.117. The smallest absolute Gasteiger partial charge is 0.232 e. The fraction of sp³-hybridized carbons (Fsp3) is 0.545. The van der Waals surface area contributed by atoms with Crippen LogP contribution in [-0.2, 0) is 11.2 Å². The summed E-state index contributed by atoms with van der Waals surface area (Å²) >= 11 is 0. The molecular weight excluding hydrogens is 399 g/mol. The van der Waals surface area contributed by atoms with E-state index in [1.54, 1.807) is 19.1 Å². The Morgan fingerprint density at radius 3 is 2.81 bits per heavy atom. The number of ether oxygens (including phenoxy) is 1. The number of aryl methyl sites for hydroxylation is 1. The molecule has 0 aliphatic carbocycles. The minimum absolute atomic E-state index is 0.139. The summed E-state index contributed by atoms with van der Waals surface area (Å²) in [6, 6.07) is 5.04. The number of halogens is 1. The topological polar surface area (TPSA) is 92.3 Å². The van der Waals surface area contributed by atoms with Crippen molar-refractivity contribution in [3.63, 3.8) is 0 Å². The number of benzene rings is 1. The highest BCUT2D eigenvalue weighted by molar-refractivity contribution is 5.75. The van der Waals surface area contributed by atoms with Crippen LogP contribution >= 0.6 is 0 Å². The first-order chi connectivity index (χ1) is 15.0. The SMILES string of the molecule is CCN1CCCC1CNc1nc(CCCC(C)=O)nc(Nc2ccc(OC)c(F)c2)n1. The van der Waals surface area contributed by atoms with Crippen LogP contribution in [0.2, 0.25) is 0 Å². The second-order valence-electron chi connectivity index (χ2n) is 7.73. The molecule has 0 spiro atoms. The number of hydrogen-bond donors (Lipinski definition) is 2. The molecule has 1 fully saturated rings. The molecule has 3 rings (SSSR count). The van der Waals surface area contributed by atoms with E-state index in [9.17, 15) is 9.18 Å². The number of carbonyl (C=O) groups is 1. The summed E-state index contributed by atoms with van der Waals surface area (Å²) in [7, 11) is 1.42. The lowest BCUT2D eigenvalue weighted by Crippen LogP contribution is -2.35. The third-order valence-electron chi connectivity index (χ3n) is 5.42. The van der Waals surface area contributed by atoms with Gasteiger partial charge in [-0.25, -0.2) is 4.39 Å². The number of methoxy groups -OCH3 is 1. The number of Topliss-reactive ketones (excluding diaryl/α,β-unsaturated/α-hetero) is 1. The second kappa shape index (κ2) is 11.0. The van der Waals surface area contributed by atoms with Crippen molar-refractivity contribution < 1.29 is 13.9 Å². The summed E-state index contributed by atoms with van der Waals surface area (Å²) in [6.07, 6.45) is 4.06. The van der Waals surface area contributed by atoms with Gasteiger partial charge in [-0.3, -0.25) is 4.90 Å². The summed E-state index contributed by atoms with van der Waals surface area (Å²) < 4.78 is 19.0. The summed E-state index contributed by atoms with van der Waals surface area (Å²) in [5.41, 5.74) is 0.512. The van der Waals surface area contributed by atoms with Crippen LogP contribution in [0, 0.1) is 5.82 Å². The van der Waals surface area contributed by atoms with Crippen molar-refractivity contribution in [2.24, 2.45) is 0 Å². The predicted octanol–water partition coefficient (Wildman–Crippen LogP) is 3.57. The average Bonchev–Trinajstić information content (AvgIpc) is 3.20. The molecule has 1 atom stereocenters. The number of aromatic nitrogens is 3. The van der Waals surface area contributed by atoms with Gasteiger partial charge in [0.1, 0.15) is 11.6 Å². The quantitative estimate of drug-likeness (QED) is 0.559. The molecule has 168 valence electrons. The molecule has 31 heavy (non-hydrogen) atoms. The van der Waals surface area contributed by atoms with Crippen molar-refractivity contribution in [1.82, 2.24) is 19.9 Å². The Bertz CT molecular complexity index is 894. The summed E-state index contributed by atoms with van der Waals surface area (Å²) in [6.45, 7) is 6.64. The average molecular weight is 431 g/mol. The molecule has 0 amide bonds. The molecule has 0 saturated carbocycles. The van der Waals surface area contributed by atoms with E-state index in [-0.39, 0.29) is 11.5 Å². The Kier molecular flexibility index (Phi) is 8.11. The maximum Gasteiger partial charge on any atom is 0.232 e. The zero-order chi connectivity index (χ0) is 22.2. The van der Waals surface area contributed by atoms with E-state index in [0.29, 0.717) is 48.7 Å². The van der Waals surface area contributed by atoms with E-state index >= 15 is 0 Å². The maximum atomic E-state index is 14.1. The molecule has 1 aliphatic heterocycles. The molecule has 1 saturated heterocycles. The molecule has 2 N–H and O–H groups in total. The number of carbonyl (C=O) groups excluding carboxylic acids is 1. The molecule has 2 aromatic rings. The Balaban J connectivity index is 1.75. The molecule has 1 aliphatic rings. The Morgan fingerprint density at radius 2 is 2.10 bits per heavy atom. The van der Waals surface area contributed by atoms with Crippen LogP contribution in [0.25, 0.3) is 0 Å². The molecule has 2 heterocycles. The highest BCUT2D eigenvalue weighted by atomic mass is 19.1. The van der Waals surface area contributed by atoms with Crippen molar-refractivity contribution in [3.05, 3.63) is 29.8 Å². The number of rotatable bonds is 11. The van der Waals surface area contributed by atoms with E-state index in [1.807, 2.05) is 0 Å². The van der Waals surface area contributed by atoms with Crippen molar-refractivity contribution >= 4 is 23.4 Å². The molecule has 9 heteroatoms. The second-order valence-corrected chi connectivity index (χ2v) is 7.73. The molecule has 0 radical (unpaired) electrons. The van der Waals surface area contributed by atoms with Crippen molar-refractivity contribution in [2.45, 2.75) is 52.0 Å². The first kappa shape index (κ1) is 22.9. The van der Waals surface area contributed by atoms with Crippen molar-refractivity contribution in [1.29, 1.82) is 0 Å². The molecule has 1 aromatic heterocycles. The molecular formula is C22H31FN6O2. The standard InChI is InChI=1S/C22H31FN6O2/c1-4-29-12-6-8-17(29)14-24-21-26-20(9-5-7-15(2)30)27-22(28-21)25-16-10-11-19(31-3)18(23)13-16/h10-11,13,17H,4-9,12,14H2,1-3H3,(H2,24,25,26,27,28). The first-order valence-corrected chi connectivity index (χ1v) is 10.8. The molecule has 0 bridgehead atoms. The number of nitrogens with one attached hydrogen (secondary N) is 2. The van der Waals surface area contributed by atoms with Gasteiger partial charge >= 0.3 is 0 Å². The van der Waals surface area contributed by atoms with E-state index < -0.39 is 5.82 Å². The van der Waals surface area contributed by atoms with Gasteiger partial charge in [0.05, 0.1) is 7.11 Å². The maximum absolute atomic E-state index is 14.1. The van der Waals surface area contributed by atoms with Gasteiger partial charge in [-0.05, 0) is 51.4 Å². The lowest BCUT2D eigenvalue weighted by Gasteiger charge is -2.23. The minimum Gasteiger partial charge on any atom is -0.494 e. The Morgan fingerprint density at radius 1 is 1.29 bits per heavy atom. The lowest BCUT2D eigenvalue weighted by atomic mass is 10.2. The first-order valence-electron chi connectivity index (χ1n) is 10.8. The van der Waals surface area contributed by atoms with E-state index in [4.69, 9.17) is 4.74 Å². The van der Waals surface area contributed by atoms with Gasteiger partial charge in [0.25, 0.3) is 0 Å². The Hall–Kier alpha value is -2.81. The van der Waals surface area contributed by atoms with Crippen LogP contribution in [0.1, 0.15) is 45.4 Å². The largest absolute Gasteiger partial charge is 0.494 e. The van der Waals surface area contributed by atoms with Crippen LogP contribution in [0.5, 0.6) is 5.75 Å².